The lowest BCUT2D eigenvalue weighted by atomic mass is 10.5. The van der Waals surface area contributed by atoms with Crippen LogP contribution in [0.2, 0.25) is 0 Å². The molecule has 0 N–H and O–H groups in total. The van der Waals surface area contributed by atoms with E-state index in [0.29, 0.717) is 0 Å². The predicted octanol–water partition coefficient (Wildman–Crippen LogP) is 0.559. The number of aromatic nitrogens is 2. The molecule has 0 fully saturated rings. The van der Waals surface area contributed by atoms with E-state index in [0.717, 1.165) is 6.26 Å². The van der Waals surface area contributed by atoms with Crippen molar-refractivity contribution in [2.24, 2.45) is 0 Å². The smallest absolute Gasteiger partial charge is 0.198 e. The summed E-state index contributed by atoms with van der Waals surface area (Å²) < 4.78 is 20.7. The normalized spacial score (nSPS) is 14.2. The molecule has 0 saturated heterocycles. The average Bonchev–Trinajstić information content (AvgIpc) is 2.03. The van der Waals surface area contributed by atoms with Crippen LogP contribution < -0.4 is 0 Å². The van der Waals surface area contributed by atoms with Crippen LogP contribution in [0, 0.1) is 6.33 Å². The highest BCUT2D eigenvalue weighted by Gasteiger charge is 2.20. The molecule has 0 amide bonds. The van der Waals surface area contributed by atoms with Crippen LogP contribution >= 0.6 is 11.6 Å². The summed E-state index contributed by atoms with van der Waals surface area (Å²) in [5.41, 5.74) is 0.245. The second-order valence-corrected chi connectivity index (χ2v) is 5.05. The molecular weight excluding hydrogens is 200 g/mol. The van der Waals surface area contributed by atoms with Gasteiger partial charge in [-0.15, -0.1) is 0 Å². The SMILES string of the molecule is CS(=O)(=O)C(Cl)c1ccn[c]n1. The van der Waals surface area contributed by atoms with E-state index >= 15 is 0 Å². The van der Waals surface area contributed by atoms with E-state index in [-0.39, 0.29) is 5.69 Å². The molecule has 0 aliphatic heterocycles. The monoisotopic (exact) mass is 205 g/mol. The van der Waals surface area contributed by atoms with Gasteiger partial charge in [-0.1, -0.05) is 11.6 Å². The minimum Gasteiger partial charge on any atom is -0.234 e. The number of alkyl halides is 1. The van der Waals surface area contributed by atoms with E-state index in [1.165, 1.54) is 12.3 Å². The zero-order chi connectivity index (χ0) is 9.19. The molecule has 65 valence electrons. The number of halogens is 1. The molecule has 0 aliphatic rings. The molecule has 1 rings (SSSR count). The molecule has 1 aromatic rings. The van der Waals surface area contributed by atoms with Gasteiger partial charge in [-0.3, -0.25) is 0 Å². The minimum atomic E-state index is -3.30. The molecule has 1 aromatic heterocycles. The van der Waals surface area contributed by atoms with Crippen molar-refractivity contribution in [2.45, 2.75) is 4.71 Å². The van der Waals surface area contributed by atoms with Crippen molar-refractivity contribution < 1.29 is 8.42 Å². The van der Waals surface area contributed by atoms with Gasteiger partial charge < -0.3 is 0 Å². The molecule has 0 spiro atoms. The van der Waals surface area contributed by atoms with Gasteiger partial charge in [0.25, 0.3) is 0 Å². The molecule has 1 atom stereocenters. The van der Waals surface area contributed by atoms with Crippen LogP contribution in [-0.2, 0) is 9.84 Å². The molecule has 0 aliphatic carbocycles. The van der Waals surface area contributed by atoms with E-state index in [9.17, 15) is 8.42 Å². The number of rotatable bonds is 2. The number of nitrogens with zero attached hydrogens (tertiary/aromatic N) is 2. The fourth-order valence-electron chi connectivity index (χ4n) is 0.617. The van der Waals surface area contributed by atoms with Crippen molar-refractivity contribution in [2.75, 3.05) is 6.26 Å². The van der Waals surface area contributed by atoms with Gasteiger partial charge in [0.1, 0.15) is 0 Å². The van der Waals surface area contributed by atoms with Crippen LogP contribution in [0.15, 0.2) is 12.3 Å². The Morgan fingerprint density at radius 2 is 2.33 bits per heavy atom. The Labute approximate surface area is 75.5 Å². The first kappa shape index (κ1) is 9.41. The van der Waals surface area contributed by atoms with Crippen molar-refractivity contribution in [3.05, 3.63) is 24.3 Å². The van der Waals surface area contributed by atoms with Gasteiger partial charge in [-0.05, 0) is 6.07 Å². The van der Waals surface area contributed by atoms with Gasteiger partial charge >= 0.3 is 0 Å². The molecule has 0 bridgehead atoms. The van der Waals surface area contributed by atoms with Crippen LogP contribution in [0.3, 0.4) is 0 Å². The van der Waals surface area contributed by atoms with E-state index in [1.807, 2.05) is 0 Å². The highest BCUT2D eigenvalue weighted by Crippen LogP contribution is 2.22. The molecule has 1 heterocycles. The summed E-state index contributed by atoms with van der Waals surface area (Å²) in [7, 11) is -3.30. The minimum absolute atomic E-state index is 0.245. The van der Waals surface area contributed by atoms with E-state index in [4.69, 9.17) is 11.6 Å². The predicted molar refractivity (Wildman–Crippen MR) is 44.3 cm³/mol. The second kappa shape index (κ2) is 3.37. The fraction of sp³-hybridized carbons (Fsp3) is 0.333. The maximum absolute atomic E-state index is 10.9. The van der Waals surface area contributed by atoms with Crippen molar-refractivity contribution in [3.8, 4) is 0 Å². The zero-order valence-electron chi connectivity index (χ0n) is 6.23. The first-order chi connectivity index (χ1) is 5.52. The van der Waals surface area contributed by atoms with Crippen molar-refractivity contribution in [3.63, 3.8) is 0 Å². The summed E-state index contributed by atoms with van der Waals surface area (Å²) in [6.07, 6.45) is 4.71. The molecular formula is C6H6ClN2O2S. The Morgan fingerprint density at radius 1 is 1.67 bits per heavy atom. The third-order valence-corrected chi connectivity index (χ3v) is 3.35. The molecule has 6 heteroatoms. The molecule has 1 unspecified atom stereocenters. The third kappa shape index (κ3) is 2.15. The zero-order valence-corrected chi connectivity index (χ0v) is 7.80. The summed E-state index contributed by atoms with van der Waals surface area (Å²) in [6, 6.07) is 1.44. The van der Waals surface area contributed by atoms with E-state index in [1.54, 1.807) is 0 Å². The standard InChI is InChI=1S/C6H6ClN2O2S/c1-12(10,11)6(7)5-2-3-8-4-9-5/h2-3,6H,1H3. The first-order valence-corrected chi connectivity index (χ1v) is 5.43. The lowest BCUT2D eigenvalue weighted by molar-refractivity contribution is 0.599. The summed E-state index contributed by atoms with van der Waals surface area (Å²) >= 11 is 5.58. The van der Waals surface area contributed by atoms with Gasteiger partial charge in [0.15, 0.2) is 20.9 Å². The van der Waals surface area contributed by atoms with Gasteiger partial charge in [0.05, 0.1) is 5.69 Å². The largest absolute Gasteiger partial charge is 0.234 e. The van der Waals surface area contributed by atoms with Crippen LogP contribution in [0.4, 0.5) is 0 Å². The van der Waals surface area contributed by atoms with E-state index in [2.05, 4.69) is 16.3 Å². The summed E-state index contributed by atoms with van der Waals surface area (Å²) in [5.74, 6) is 0. The lowest BCUT2D eigenvalue weighted by Crippen LogP contribution is -2.06. The Balaban J connectivity index is 3.02. The van der Waals surface area contributed by atoms with Crippen LogP contribution in [0.1, 0.15) is 10.4 Å². The van der Waals surface area contributed by atoms with Crippen LogP contribution in [0.25, 0.3) is 0 Å². The molecule has 0 aromatic carbocycles. The van der Waals surface area contributed by atoms with Crippen molar-refractivity contribution in [1.29, 1.82) is 0 Å². The summed E-state index contributed by atoms with van der Waals surface area (Å²) in [5, 5.41) is 0. The quantitative estimate of drug-likeness (QED) is 0.662. The number of hydrogen-bond acceptors (Lipinski definition) is 4. The van der Waals surface area contributed by atoms with Crippen molar-refractivity contribution in [1.82, 2.24) is 9.97 Å². The Bertz CT molecular complexity index is 351. The van der Waals surface area contributed by atoms with Crippen LogP contribution in [-0.4, -0.2) is 24.6 Å². The number of sulfone groups is 1. The van der Waals surface area contributed by atoms with E-state index < -0.39 is 14.5 Å². The lowest BCUT2D eigenvalue weighted by Gasteiger charge is -2.04. The first-order valence-electron chi connectivity index (χ1n) is 3.04. The van der Waals surface area contributed by atoms with Gasteiger partial charge in [0.2, 0.25) is 0 Å². The summed E-state index contributed by atoms with van der Waals surface area (Å²) in [6.45, 7) is 0. The highest BCUT2D eigenvalue weighted by atomic mass is 35.5. The third-order valence-electron chi connectivity index (χ3n) is 1.17. The molecule has 12 heavy (non-hydrogen) atoms. The Kier molecular flexibility index (Phi) is 2.64. The fourth-order valence-corrected chi connectivity index (χ4v) is 1.31. The molecule has 1 radical (unpaired) electrons. The molecule has 4 nitrogen and oxygen atoms in total. The topological polar surface area (TPSA) is 59.9 Å². The second-order valence-electron chi connectivity index (χ2n) is 2.23. The maximum atomic E-state index is 10.9. The Hall–Kier alpha value is -0.680. The average molecular weight is 206 g/mol. The van der Waals surface area contributed by atoms with Gasteiger partial charge in [0, 0.05) is 12.5 Å². The number of hydrogen-bond donors (Lipinski definition) is 0. The maximum Gasteiger partial charge on any atom is 0.198 e. The summed E-state index contributed by atoms with van der Waals surface area (Å²) in [4.78, 5) is 7.12. The van der Waals surface area contributed by atoms with Gasteiger partial charge in [-0.25, -0.2) is 18.4 Å². The highest BCUT2D eigenvalue weighted by molar-refractivity contribution is 7.92. The van der Waals surface area contributed by atoms with Crippen LogP contribution in [0.5, 0.6) is 0 Å². The Morgan fingerprint density at radius 3 is 2.75 bits per heavy atom. The van der Waals surface area contributed by atoms with Crippen molar-refractivity contribution >= 4 is 21.4 Å². The molecule has 0 saturated carbocycles. The van der Waals surface area contributed by atoms with Gasteiger partial charge in [-0.2, -0.15) is 0 Å².